The summed E-state index contributed by atoms with van der Waals surface area (Å²) < 4.78 is 37.8. The second-order valence-corrected chi connectivity index (χ2v) is 14.0. The van der Waals surface area contributed by atoms with Crippen molar-refractivity contribution in [3.05, 3.63) is 143 Å². The third kappa shape index (κ3) is 11.0. The van der Waals surface area contributed by atoms with Gasteiger partial charge in [-0.1, -0.05) is 40.2 Å². The molecule has 0 radical (unpaired) electrons. The molecule has 2 aliphatic rings. The van der Waals surface area contributed by atoms with E-state index in [0.717, 1.165) is 10.9 Å². The van der Waals surface area contributed by atoms with Crippen LogP contribution < -0.4 is 29.9 Å². The molecule has 3 N–H and O–H groups in total. The van der Waals surface area contributed by atoms with Crippen LogP contribution in [-0.2, 0) is 21.5 Å². The zero-order valence-corrected chi connectivity index (χ0v) is 34.9. The molecular formula is C42H35BrF2N12O6. The number of likely N-dealkylation sites (N-methyl/N-ethyl adjacent to an activating group) is 2. The summed E-state index contributed by atoms with van der Waals surface area (Å²) in [4.78, 5) is 61.0. The van der Waals surface area contributed by atoms with Gasteiger partial charge in [-0.05, 0) is 59.7 Å². The molecule has 0 aliphatic carbocycles. The quantitative estimate of drug-likeness (QED) is 0.193. The van der Waals surface area contributed by atoms with E-state index in [2.05, 4.69) is 51.8 Å². The molecule has 4 aromatic heterocycles. The van der Waals surface area contributed by atoms with Gasteiger partial charge < -0.3 is 20.1 Å². The van der Waals surface area contributed by atoms with Crippen molar-refractivity contribution in [3.63, 3.8) is 0 Å². The van der Waals surface area contributed by atoms with Crippen LogP contribution in [0.1, 0.15) is 43.5 Å². The highest BCUT2D eigenvalue weighted by Gasteiger charge is 2.33. The summed E-state index contributed by atoms with van der Waals surface area (Å²) >= 11 is 3.26. The fraction of sp³-hybridized carbons (Fsp3) is 0.190. The molecule has 0 spiro atoms. The summed E-state index contributed by atoms with van der Waals surface area (Å²) in [6.45, 7) is 0.0908. The number of fused-ring (bicyclic) bond motifs is 2. The number of carbonyl (C=O) groups is 4. The highest BCUT2D eigenvalue weighted by Crippen LogP contribution is 2.28. The van der Waals surface area contributed by atoms with Crippen LogP contribution >= 0.6 is 15.9 Å². The van der Waals surface area contributed by atoms with E-state index >= 15 is 0 Å². The summed E-state index contributed by atoms with van der Waals surface area (Å²) in [5.41, 5.74) is 2.13. The number of H-pyrrole nitrogens is 1. The zero-order valence-electron chi connectivity index (χ0n) is 33.3. The van der Waals surface area contributed by atoms with Crippen molar-refractivity contribution in [2.75, 3.05) is 37.1 Å². The van der Waals surface area contributed by atoms with Crippen LogP contribution in [0, 0.1) is 34.3 Å². The molecule has 63 heavy (non-hydrogen) atoms. The van der Waals surface area contributed by atoms with Gasteiger partial charge in [0, 0.05) is 44.0 Å². The molecule has 0 unspecified atom stereocenters. The van der Waals surface area contributed by atoms with Crippen molar-refractivity contribution in [2.24, 2.45) is 0 Å². The topological polar surface area (TPSA) is 237 Å². The summed E-state index contributed by atoms with van der Waals surface area (Å²) in [6, 6.07) is 23.5. The van der Waals surface area contributed by atoms with Crippen LogP contribution in [0.2, 0.25) is 0 Å². The second kappa shape index (κ2) is 20.5. The van der Waals surface area contributed by atoms with Crippen LogP contribution in [0.3, 0.4) is 0 Å². The lowest BCUT2D eigenvalue weighted by Crippen LogP contribution is -2.49. The van der Waals surface area contributed by atoms with E-state index in [1.54, 1.807) is 75.0 Å². The minimum atomic E-state index is -0.959. The molecule has 0 fully saturated rings. The predicted molar refractivity (Wildman–Crippen MR) is 224 cm³/mol. The number of hydrogen-bond donors (Lipinski definition) is 3. The molecule has 2 aliphatic heterocycles. The molecule has 0 bridgehead atoms. The number of pyridine rings is 2. The third-order valence-electron chi connectivity index (χ3n) is 9.19. The fourth-order valence-electron chi connectivity index (χ4n) is 5.90. The van der Waals surface area contributed by atoms with E-state index < -0.39 is 29.8 Å². The number of hydrogen-bond acceptors (Lipinski definition) is 12. The van der Waals surface area contributed by atoms with E-state index in [0.29, 0.717) is 28.7 Å². The van der Waals surface area contributed by atoms with Crippen molar-refractivity contribution in [3.8, 4) is 23.6 Å². The molecular weight excluding hydrogens is 886 g/mol. The number of amides is 4. The molecule has 21 heteroatoms. The zero-order chi connectivity index (χ0) is 45.0. The number of aromatic amines is 1. The number of nitriles is 2. The minimum Gasteiger partial charge on any atom is -0.487 e. The first kappa shape index (κ1) is 44.5. The number of rotatable bonds is 7. The van der Waals surface area contributed by atoms with Crippen LogP contribution in [0.4, 0.5) is 20.4 Å². The number of benzene rings is 2. The SMILES string of the molecule is CN1C(=O)[C@@H](NC(=O)c2cc(C#N)n(Cc3ccc(F)cc3)n2)COc2cccnc21.CN1C(=O)[C@@H](NC(=O)c2cc(C#N)n[nH]2)COc2cccnc21.Fc1ccc(CBr)cc1. The predicted octanol–water partition coefficient (Wildman–Crippen LogP) is 4.04. The van der Waals surface area contributed by atoms with Gasteiger partial charge in [-0.2, -0.15) is 20.7 Å². The van der Waals surface area contributed by atoms with Gasteiger partial charge in [-0.25, -0.2) is 23.4 Å². The Kier molecular flexibility index (Phi) is 14.5. The van der Waals surface area contributed by atoms with Gasteiger partial charge in [0.15, 0.2) is 34.5 Å². The highest BCUT2D eigenvalue weighted by atomic mass is 79.9. The first-order chi connectivity index (χ1) is 30.4. The average molecular weight is 922 g/mol. The summed E-state index contributed by atoms with van der Waals surface area (Å²) in [5.74, 6) is -0.812. The van der Waals surface area contributed by atoms with Crippen LogP contribution in [0.5, 0.6) is 11.5 Å². The Morgan fingerprint density at radius 1 is 0.794 bits per heavy atom. The third-order valence-corrected chi connectivity index (χ3v) is 9.84. The minimum absolute atomic E-state index is 0.0194. The molecule has 6 aromatic rings. The van der Waals surface area contributed by atoms with Gasteiger partial charge >= 0.3 is 0 Å². The molecule has 6 heterocycles. The van der Waals surface area contributed by atoms with E-state index in [1.807, 2.05) is 12.1 Å². The average Bonchev–Trinajstić information content (AvgIpc) is 3.92. The molecule has 4 amide bonds. The van der Waals surface area contributed by atoms with Crippen LogP contribution in [0.15, 0.2) is 97.3 Å². The molecule has 320 valence electrons. The van der Waals surface area contributed by atoms with E-state index in [4.69, 9.17) is 14.7 Å². The number of alkyl halides is 1. The first-order valence-corrected chi connectivity index (χ1v) is 19.8. The first-order valence-electron chi connectivity index (χ1n) is 18.7. The molecule has 2 aromatic carbocycles. The number of nitrogens with zero attached hydrogens (tertiary/aromatic N) is 9. The number of aromatic nitrogens is 6. The van der Waals surface area contributed by atoms with E-state index in [9.17, 15) is 33.2 Å². The number of ether oxygens (including phenoxy) is 2. The van der Waals surface area contributed by atoms with E-state index in [1.165, 1.54) is 50.9 Å². The van der Waals surface area contributed by atoms with Crippen molar-refractivity contribution in [2.45, 2.75) is 24.0 Å². The van der Waals surface area contributed by atoms with Crippen LogP contribution in [0.25, 0.3) is 0 Å². The van der Waals surface area contributed by atoms with Gasteiger partial charge in [0.1, 0.15) is 60.5 Å². The molecule has 18 nitrogen and oxygen atoms in total. The van der Waals surface area contributed by atoms with Gasteiger partial charge in [0.25, 0.3) is 23.6 Å². The Morgan fingerprint density at radius 3 is 1.81 bits per heavy atom. The smallest absolute Gasteiger partial charge is 0.272 e. The Morgan fingerprint density at radius 2 is 1.32 bits per heavy atom. The van der Waals surface area contributed by atoms with E-state index in [-0.39, 0.29) is 60.1 Å². The Labute approximate surface area is 366 Å². The monoisotopic (exact) mass is 920 g/mol. The fourth-order valence-corrected chi connectivity index (χ4v) is 6.28. The number of nitrogens with one attached hydrogen (secondary N) is 3. The van der Waals surface area contributed by atoms with Gasteiger partial charge in [-0.15, -0.1) is 0 Å². The Bertz CT molecular complexity index is 2700. The largest absolute Gasteiger partial charge is 0.487 e. The standard InChI is InChI=1S/C21H17FN6O3.C14H12N6O3.C7H6BrF/c1-27-19-18(3-2-8-24-19)31-12-17(21(27)30)25-20(29)16-9-15(10-23)28(26-16)11-13-4-6-14(22)7-5-13;1-20-12-11(3-2-4-16-12)23-7-10(14(20)22)17-13(21)9-5-8(6-15)18-19-9;8-5-6-1-3-7(9)4-2-6/h2-9,17H,11-12H2,1H3,(H,25,29);2-5,10H,7H2,1H3,(H,17,21)(H,18,19);1-4H,5H2/t17-;10-;/m00./s1. The lowest BCUT2D eigenvalue weighted by atomic mass is 10.2. The lowest BCUT2D eigenvalue weighted by Gasteiger charge is -2.19. The molecule has 2 atom stereocenters. The summed E-state index contributed by atoms with van der Waals surface area (Å²) in [7, 11) is 3.11. The normalized spacial score (nSPS) is 15.1. The van der Waals surface area contributed by atoms with Crippen molar-refractivity contribution >= 4 is 51.2 Å². The summed E-state index contributed by atoms with van der Waals surface area (Å²) in [5, 5.41) is 34.3. The number of halogens is 3. The molecule has 8 rings (SSSR count). The maximum absolute atomic E-state index is 13.1. The lowest BCUT2D eigenvalue weighted by molar-refractivity contribution is -0.121. The van der Waals surface area contributed by atoms with Crippen molar-refractivity contribution < 1.29 is 37.4 Å². The molecule has 0 saturated carbocycles. The summed E-state index contributed by atoms with van der Waals surface area (Å²) in [6.07, 6.45) is 3.10. The van der Waals surface area contributed by atoms with Crippen molar-refractivity contribution in [1.29, 1.82) is 10.5 Å². The van der Waals surface area contributed by atoms with Gasteiger partial charge in [0.05, 0.1) is 6.54 Å². The Hall–Kier alpha value is -8.04. The second-order valence-electron chi connectivity index (χ2n) is 13.5. The maximum Gasteiger partial charge on any atom is 0.272 e. The Balaban J connectivity index is 0.000000180. The highest BCUT2D eigenvalue weighted by molar-refractivity contribution is 9.08. The number of anilines is 2. The molecule has 0 saturated heterocycles. The van der Waals surface area contributed by atoms with Gasteiger partial charge in [0.2, 0.25) is 0 Å². The van der Waals surface area contributed by atoms with Crippen molar-refractivity contribution in [1.82, 2.24) is 40.6 Å². The number of carbonyl (C=O) groups excluding carboxylic acids is 4. The maximum atomic E-state index is 13.1. The van der Waals surface area contributed by atoms with Crippen LogP contribution in [-0.4, -0.2) is 93.0 Å². The van der Waals surface area contributed by atoms with Gasteiger partial charge in [-0.3, -0.25) is 34.1 Å².